The van der Waals surface area contributed by atoms with E-state index in [2.05, 4.69) is 17.3 Å². The van der Waals surface area contributed by atoms with Gasteiger partial charge in [0.15, 0.2) is 5.82 Å². The zero-order valence-corrected chi connectivity index (χ0v) is 11.6. The second kappa shape index (κ2) is 5.48. The minimum Gasteiger partial charge on any atom is -0.394 e. The summed E-state index contributed by atoms with van der Waals surface area (Å²) in [4.78, 5) is 0. The highest BCUT2D eigenvalue weighted by Gasteiger charge is 2.14. The molecule has 0 amide bonds. The SMILES string of the molecule is CCCc1nn(C)c(Nc2cc(Cl)ccc2F)c1N. The number of hydrogen-bond donors (Lipinski definition) is 2. The van der Waals surface area contributed by atoms with Crippen LogP contribution in [0.25, 0.3) is 0 Å². The minimum absolute atomic E-state index is 0.283. The van der Waals surface area contributed by atoms with Crippen LogP contribution in [0.3, 0.4) is 0 Å². The molecule has 0 saturated heterocycles. The van der Waals surface area contributed by atoms with E-state index in [1.54, 1.807) is 11.7 Å². The van der Waals surface area contributed by atoms with Crippen LogP contribution in [0.1, 0.15) is 19.0 Å². The zero-order valence-electron chi connectivity index (χ0n) is 10.9. The number of benzene rings is 1. The summed E-state index contributed by atoms with van der Waals surface area (Å²) in [6.07, 6.45) is 1.74. The van der Waals surface area contributed by atoms with Crippen LogP contribution in [0.4, 0.5) is 21.6 Å². The van der Waals surface area contributed by atoms with Gasteiger partial charge in [-0.1, -0.05) is 24.9 Å². The fourth-order valence-electron chi connectivity index (χ4n) is 1.89. The van der Waals surface area contributed by atoms with Crippen molar-refractivity contribution < 1.29 is 4.39 Å². The van der Waals surface area contributed by atoms with Gasteiger partial charge >= 0.3 is 0 Å². The summed E-state index contributed by atoms with van der Waals surface area (Å²) in [5.74, 6) is 0.187. The molecule has 2 aromatic rings. The molecule has 0 saturated carbocycles. The molecular formula is C13H16ClFN4. The standard InChI is InChI=1S/C13H16ClFN4/c1-3-4-10-12(16)13(19(2)18-10)17-11-7-8(14)5-6-9(11)15/h5-7,17H,3-4,16H2,1-2H3. The number of nitrogens with zero attached hydrogens (tertiary/aromatic N) is 2. The van der Waals surface area contributed by atoms with Gasteiger partial charge in [0.25, 0.3) is 0 Å². The zero-order chi connectivity index (χ0) is 14.0. The van der Waals surface area contributed by atoms with Crippen molar-refractivity contribution in [2.45, 2.75) is 19.8 Å². The van der Waals surface area contributed by atoms with E-state index in [9.17, 15) is 4.39 Å². The Morgan fingerprint density at radius 1 is 1.47 bits per heavy atom. The molecule has 0 aliphatic heterocycles. The maximum atomic E-state index is 13.7. The van der Waals surface area contributed by atoms with Gasteiger partial charge in [0.1, 0.15) is 5.82 Å². The van der Waals surface area contributed by atoms with Crippen LogP contribution in [-0.2, 0) is 13.5 Å². The van der Waals surface area contributed by atoms with Gasteiger partial charge in [-0.25, -0.2) is 4.39 Å². The molecule has 0 aliphatic rings. The van der Waals surface area contributed by atoms with Crippen molar-refractivity contribution in [1.82, 2.24) is 9.78 Å². The predicted octanol–water partition coefficient (Wildman–Crippen LogP) is 3.49. The summed E-state index contributed by atoms with van der Waals surface area (Å²) in [6.45, 7) is 2.05. The third-order valence-corrected chi connectivity index (χ3v) is 3.06. The van der Waals surface area contributed by atoms with E-state index in [0.29, 0.717) is 16.5 Å². The van der Waals surface area contributed by atoms with Crippen molar-refractivity contribution in [2.75, 3.05) is 11.1 Å². The van der Waals surface area contributed by atoms with Gasteiger partial charge in [0, 0.05) is 12.1 Å². The van der Waals surface area contributed by atoms with Gasteiger partial charge in [-0.05, 0) is 24.6 Å². The lowest BCUT2D eigenvalue weighted by molar-refractivity contribution is 0.631. The molecule has 19 heavy (non-hydrogen) atoms. The first-order valence-corrected chi connectivity index (χ1v) is 6.44. The van der Waals surface area contributed by atoms with Crippen molar-refractivity contribution in [1.29, 1.82) is 0 Å². The third-order valence-electron chi connectivity index (χ3n) is 2.83. The number of nitrogens with two attached hydrogens (primary N) is 1. The van der Waals surface area contributed by atoms with Crippen LogP contribution >= 0.6 is 11.6 Å². The molecule has 0 atom stereocenters. The van der Waals surface area contributed by atoms with Crippen molar-refractivity contribution in [3.63, 3.8) is 0 Å². The highest BCUT2D eigenvalue weighted by atomic mass is 35.5. The first kappa shape index (κ1) is 13.7. The molecule has 0 unspecified atom stereocenters. The Kier molecular flexibility index (Phi) is 3.95. The highest BCUT2D eigenvalue weighted by molar-refractivity contribution is 6.30. The van der Waals surface area contributed by atoms with Crippen molar-refractivity contribution >= 4 is 28.8 Å². The van der Waals surface area contributed by atoms with Crippen LogP contribution in [0.15, 0.2) is 18.2 Å². The number of aryl methyl sites for hydroxylation is 2. The van der Waals surface area contributed by atoms with E-state index < -0.39 is 0 Å². The number of nitrogen functional groups attached to an aromatic ring is 1. The Morgan fingerprint density at radius 2 is 2.21 bits per heavy atom. The lowest BCUT2D eigenvalue weighted by Crippen LogP contribution is -2.02. The Hall–Kier alpha value is -1.75. The summed E-state index contributed by atoms with van der Waals surface area (Å²) in [6, 6.07) is 4.32. The van der Waals surface area contributed by atoms with Crippen LogP contribution in [-0.4, -0.2) is 9.78 Å². The van der Waals surface area contributed by atoms with Gasteiger partial charge in [-0.3, -0.25) is 4.68 Å². The molecule has 1 aromatic heterocycles. The minimum atomic E-state index is -0.387. The normalized spacial score (nSPS) is 10.7. The van der Waals surface area contributed by atoms with E-state index >= 15 is 0 Å². The number of hydrogen-bond acceptors (Lipinski definition) is 3. The average molecular weight is 283 g/mol. The number of halogens is 2. The fraction of sp³-hybridized carbons (Fsp3) is 0.308. The van der Waals surface area contributed by atoms with Crippen LogP contribution in [0.5, 0.6) is 0 Å². The van der Waals surface area contributed by atoms with Gasteiger partial charge in [-0.2, -0.15) is 5.10 Å². The molecule has 1 heterocycles. The lowest BCUT2D eigenvalue weighted by atomic mass is 10.2. The smallest absolute Gasteiger partial charge is 0.152 e. The van der Waals surface area contributed by atoms with Crippen LogP contribution in [0.2, 0.25) is 5.02 Å². The van der Waals surface area contributed by atoms with Crippen LogP contribution < -0.4 is 11.1 Å². The molecule has 0 aliphatic carbocycles. The predicted molar refractivity (Wildman–Crippen MR) is 76.3 cm³/mol. The van der Waals surface area contributed by atoms with Gasteiger partial charge < -0.3 is 11.1 Å². The summed E-state index contributed by atoms with van der Waals surface area (Å²) in [7, 11) is 1.76. The quantitative estimate of drug-likeness (QED) is 0.902. The molecule has 0 bridgehead atoms. The maximum Gasteiger partial charge on any atom is 0.152 e. The second-order valence-electron chi connectivity index (χ2n) is 4.33. The Labute approximate surface area is 116 Å². The van der Waals surface area contributed by atoms with Crippen molar-refractivity contribution in [2.24, 2.45) is 7.05 Å². The molecule has 3 N–H and O–H groups in total. The number of anilines is 3. The summed E-state index contributed by atoms with van der Waals surface area (Å²) in [5.41, 5.74) is 7.67. The molecule has 1 aromatic carbocycles. The van der Waals surface area contributed by atoms with Gasteiger partial charge in [0.2, 0.25) is 0 Å². The van der Waals surface area contributed by atoms with Crippen molar-refractivity contribution in [3.8, 4) is 0 Å². The summed E-state index contributed by atoms with van der Waals surface area (Å²) in [5, 5.41) is 7.72. The molecule has 0 spiro atoms. The van der Waals surface area contributed by atoms with Crippen LogP contribution in [0, 0.1) is 5.82 Å². The molecular weight excluding hydrogens is 267 g/mol. The highest BCUT2D eigenvalue weighted by Crippen LogP contribution is 2.29. The molecule has 4 nitrogen and oxygen atoms in total. The van der Waals surface area contributed by atoms with E-state index in [4.69, 9.17) is 17.3 Å². The average Bonchev–Trinajstić information content (AvgIpc) is 2.62. The second-order valence-corrected chi connectivity index (χ2v) is 4.77. The number of nitrogens with one attached hydrogen (secondary N) is 1. The molecule has 0 radical (unpaired) electrons. The monoisotopic (exact) mass is 282 g/mol. The molecule has 0 fully saturated rings. The Bertz CT molecular complexity index is 595. The Balaban J connectivity index is 2.35. The molecule has 6 heteroatoms. The molecule has 2 rings (SSSR count). The third kappa shape index (κ3) is 2.81. The lowest BCUT2D eigenvalue weighted by Gasteiger charge is -2.09. The van der Waals surface area contributed by atoms with Crippen molar-refractivity contribution in [3.05, 3.63) is 34.7 Å². The van der Waals surface area contributed by atoms with E-state index in [1.807, 2.05) is 0 Å². The largest absolute Gasteiger partial charge is 0.394 e. The van der Waals surface area contributed by atoms with Gasteiger partial charge in [0.05, 0.1) is 17.1 Å². The number of rotatable bonds is 4. The fourth-order valence-corrected chi connectivity index (χ4v) is 2.06. The van der Waals surface area contributed by atoms with Gasteiger partial charge in [-0.15, -0.1) is 0 Å². The summed E-state index contributed by atoms with van der Waals surface area (Å²) < 4.78 is 15.3. The first-order valence-electron chi connectivity index (χ1n) is 6.06. The van der Waals surface area contributed by atoms with E-state index in [1.165, 1.54) is 18.2 Å². The van der Waals surface area contributed by atoms with E-state index in [0.717, 1.165) is 18.5 Å². The topological polar surface area (TPSA) is 55.9 Å². The maximum absolute atomic E-state index is 13.7. The molecule has 102 valence electrons. The first-order chi connectivity index (χ1) is 9.02. The summed E-state index contributed by atoms with van der Waals surface area (Å²) >= 11 is 5.86. The van der Waals surface area contributed by atoms with E-state index in [-0.39, 0.29) is 11.5 Å². The number of aromatic nitrogens is 2. The Morgan fingerprint density at radius 3 is 2.89 bits per heavy atom.